The summed E-state index contributed by atoms with van der Waals surface area (Å²) in [6.07, 6.45) is 5.96. The Bertz CT molecular complexity index is 1600. The van der Waals surface area contributed by atoms with Gasteiger partial charge in [-0.2, -0.15) is 13.5 Å². The Morgan fingerprint density at radius 3 is 1.75 bits per heavy atom. The Kier molecular flexibility index (Phi) is 27.9. The lowest BCUT2D eigenvalue weighted by Crippen LogP contribution is -2.62. The van der Waals surface area contributed by atoms with Crippen molar-refractivity contribution in [1.29, 1.82) is 0 Å². The van der Waals surface area contributed by atoms with E-state index in [1.807, 2.05) is 0 Å². The molecule has 0 heterocycles. The zero-order valence-corrected chi connectivity index (χ0v) is 33.7. The van der Waals surface area contributed by atoms with Crippen LogP contribution in [0.1, 0.15) is 110 Å². The number of carbonyl (C=O) groups excluding carboxylic acids is 2. The van der Waals surface area contributed by atoms with Crippen molar-refractivity contribution >= 4 is 40.9 Å². The van der Waals surface area contributed by atoms with E-state index in [9.17, 15) is 53.8 Å². The molecule has 0 aromatic heterocycles. The smallest absolute Gasteiger partial charge is 0.456 e. The minimum Gasteiger partial charge on any atom is -0.456 e. The fourth-order valence-electron chi connectivity index (χ4n) is 5.40. The summed E-state index contributed by atoms with van der Waals surface area (Å²) in [6.45, 7) is 0.586. The number of phosphoric acid groups is 1. The molecule has 0 aliphatic heterocycles. The molecule has 4 unspecified atom stereocenters. The lowest BCUT2D eigenvalue weighted by atomic mass is 9.79. The summed E-state index contributed by atoms with van der Waals surface area (Å²) in [7, 11) is -10.2. The van der Waals surface area contributed by atoms with Crippen LogP contribution in [0.5, 0.6) is 0 Å². The molecule has 1 aliphatic carbocycles. The monoisotopic (exact) mass is 850 g/mol. The van der Waals surface area contributed by atoms with Crippen molar-refractivity contribution in [2.45, 2.75) is 133 Å². The van der Waals surface area contributed by atoms with E-state index < -0.39 is 89.3 Å². The Balaban J connectivity index is -0.000000364. The van der Waals surface area contributed by atoms with Gasteiger partial charge in [0.15, 0.2) is 6.10 Å². The molecule has 7 N–H and O–H groups in total. The molecular formula is C37H72O15P2S. The van der Waals surface area contributed by atoms with Crippen LogP contribution in [0.25, 0.3) is 0 Å². The average molecular weight is 851 g/mol. The van der Waals surface area contributed by atoms with Gasteiger partial charge in [-0.1, -0.05) is 84.0 Å². The molecular weight excluding hydrogens is 778 g/mol. The number of phosphoric ester groups is 1. The minimum atomic E-state index is -5.31. The predicted octanol–water partition coefficient (Wildman–Crippen LogP) is 4.65. The number of hydrogen-bond acceptors (Lipinski definition) is 12. The fraction of sp³-hybridized carbons (Fsp3) is 0.676. The number of unbranched alkanes of at least 4 members (excludes halogenated alkanes) is 12. The van der Waals surface area contributed by atoms with Gasteiger partial charge >= 0.3 is 27.4 Å². The molecule has 0 aromatic carbocycles. The van der Waals surface area contributed by atoms with Gasteiger partial charge in [-0.15, -0.1) is 6.42 Å². The van der Waals surface area contributed by atoms with Crippen molar-refractivity contribution in [2.75, 3.05) is 19.4 Å². The summed E-state index contributed by atoms with van der Waals surface area (Å²) < 4.78 is 44.4. The second-order valence-corrected chi connectivity index (χ2v) is 15.8. The van der Waals surface area contributed by atoms with Crippen molar-refractivity contribution in [3.63, 3.8) is 0 Å². The first-order chi connectivity index (χ1) is 25.6. The third kappa shape index (κ3) is 24.4. The van der Waals surface area contributed by atoms with Crippen molar-refractivity contribution in [2.24, 2.45) is 5.92 Å². The molecule has 0 saturated heterocycles. The molecule has 1 saturated carbocycles. The van der Waals surface area contributed by atoms with Gasteiger partial charge in [-0.25, -0.2) is 9.36 Å². The largest absolute Gasteiger partial charge is 0.472 e. The first kappa shape index (κ1) is 52.2. The Labute approximate surface area is 344 Å². The van der Waals surface area contributed by atoms with Crippen molar-refractivity contribution in [3.8, 4) is 59.7 Å². The standard InChI is InChI=1S/C37H52O15P2.H2S.9H2/c1-3-5-7-9-11-13-14-15-16-17-19-21-23-25-32(39)51-29(26-49-31(38)24-22-20-18-12-10-8-6-4-2)27-50-54(47,48)52-37-34(41)30(28-53(44,45)46)33(40)35(42)36(37)43;;;;;;;;;;/h2,29-30,33-37,40-43H,3,5,7,9,11,13-17,19,21,23,25-28H2,1H3,(H,47,48)(H2,44,45,46);1H2;9*1H/t29-,30-,33+,34?,35?,36+,37?;;;;;;;;;;/m1........../s1. The van der Waals surface area contributed by atoms with Crippen LogP contribution in [0, 0.1) is 65.6 Å². The van der Waals surface area contributed by atoms with E-state index in [1.54, 1.807) is 0 Å². The van der Waals surface area contributed by atoms with Gasteiger partial charge in [-0.3, -0.25) is 18.4 Å². The number of ether oxygens (including phenoxy) is 2. The molecule has 1 aliphatic rings. The van der Waals surface area contributed by atoms with Crippen molar-refractivity contribution < 1.29 is 85.2 Å². The number of aliphatic hydroxyl groups excluding tert-OH is 4. The van der Waals surface area contributed by atoms with Gasteiger partial charge in [0.1, 0.15) is 24.9 Å². The third-order valence-corrected chi connectivity index (χ3v) is 10.1. The summed E-state index contributed by atoms with van der Waals surface area (Å²) in [5.74, 6) is 16.5. The zero-order chi connectivity index (χ0) is 40.4. The Morgan fingerprint density at radius 1 is 0.709 bits per heavy atom. The fourth-order valence-corrected chi connectivity index (χ4v) is 7.36. The highest BCUT2D eigenvalue weighted by molar-refractivity contribution is 7.59. The lowest BCUT2D eigenvalue weighted by Gasteiger charge is -2.43. The van der Waals surface area contributed by atoms with E-state index in [1.165, 1.54) is 44.9 Å². The van der Waals surface area contributed by atoms with E-state index in [0.717, 1.165) is 32.1 Å². The zero-order valence-electron chi connectivity index (χ0n) is 30.9. The summed E-state index contributed by atoms with van der Waals surface area (Å²) in [6, 6.07) is 0. The molecule has 1 rings (SSSR count). The number of aliphatic hydroxyl groups is 4. The van der Waals surface area contributed by atoms with Gasteiger partial charge in [0.05, 0.1) is 25.0 Å². The molecule has 1 fully saturated rings. The molecule has 0 radical (unpaired) electrons. The van der Waals surface area contributed by atoms with Crippen molar-refractivity contribution in [3.05, 3.63) is 0 Å². The molecule has 0 bridgehead atoms. The van der Waals surface area contributed by atoms with E-state index in [-0.39, 0.29) is 32.8 Å². The maximum Gasteiger partial charge on any atom is 0.472 e. The number of hydrogen-bond donors (Lipinski definition) is 7. The van der Waals surface area contributed by atoms with Crippen LogP contribution in [-0.2, 0) is 37.2 Å². The molecule has 18 heteroatoms. The van der Waals surface area contributed by atoms with Gasteiger partial charge in [0, 0.05) is 31.1 Å². The summed E-state index contributed by atoms with van der Waals surface area (Å²) in [4.78, 5) is 53.8. The Morgan fingerprint density at radius 2 is 1.22 bits per heavy atom. The predicted molar refractivity (Wildman–Crippen MR) is 226 cm³/mol. The molecule has 0 spiro atoms. The summed E-state index contributed by atoms with van der Waals surface area (Å²) in [5.41, 5.74) is 0. The first-order valence-electron chi connectivity index (χ1n) is 17.9. The molecule has 55 heavy (non-hydrogen) atoms. The maximum absolute atomic E-state index is 12.9. The van der Waals surface area contributed by atoms with Gasteiger partial charge in [0.2, 0.25) is 0 Å². The Hall–Kier alpha value is -2.81. The summed E-state index contributed by atoms with van der Waals surface area (Å²) in [5, 5.41) is 41.2. The number of rotatable bonds is 24. The highest BCUT2D eigenvalue weighted by atomic mass is 32.1. The molecule has 15 nitrogen and oxygen atoms in total. The third-order valence-electron chi connectivity index (χ3n) is 8.17. The summed E-state index contributed by atoms with van der Waals surface area (Å²) >= 11 is 0. The quantitative estimate of drug-likeness (QED) is 0.0230. The van der Waals surface area contributed by atoms with Crippen LogP contribution < -0.4 is 0 Å². The topological polar surface area (TPSA) is 247 Å². The van der Waals surface area contributed by atoms with Gasteiger partial charge in [-0.05, 0) is 53.8 Å². The average Bonchev–Trinajstić information content (AvgIpc) is 3.11. The van der Waals surface area contributed by atoms with Crippen LogP contribution in [0.3, 0.4) is 0 Å². The van der Waals surface area contributed by atoms with Gasteiger partial charge < -0.3 is 44.6 Å². The van der Waals surface area contributed by atoms with Gasteiger partial charge in [0.25, 0.3) is 0 Å². The van der Waals surface area contributed by atoms with Crippen LogP contribution in [0.2, 0.25) is 0 Å². The number of terminal acetylenes is 1. The normalized spacial score (nSPS) is 21.7. The van der Waals surface area contributed by atoms with E-state index in [2.05, 4.69) is 60.2 Å². The second-order valence-electron chi connectivity index (χ2n) is 12.7. The molecule has 0 amide bonds. The first-order valence-corrected chi connectivity index (χ1v) is 21.2. The molecule has 0 aromatic rings. The van der Waals surface area contributed by atoms with E-state index in [0.29, 0.717) is 6.42 Å². The van der Waals surface area contributed by atoms with Crippen molar-refractivity contribution in [1.82, 2.24) is 0 Å². The van der Waals surface area contributed by atoms with E-state index >= 15 is 0 Å². The molecule has 326 valence electrons. The highest BCUT2D eigenvalue weighted by Gasteiger charge is 2.53. The van der Waals surface area contributed by atoms with E-state index in [4.69, 9.17) is 24.9 Å². The van der Waals surface area contributed by atoms with Crippen LogP contribution in [0.4, 0.5) is 0 Å². The lowest BCUT2D eigenvalue weighted by molar-refractivity contribution is -0.197. The number of esters is 2. The van der Waals surface area contributed by atoms with Crippen LogP contribution >= 0.6 is 28.9 Å². The number of carbonyl (C=O) groups is 2. The highest BCUT2D eigenvalue weighted by Crippen LogP contribution is 2.49. The van der Waals surface area contributed by atoms with Crippen LogP contribution in [-0.4, -0.2) is 103 Å². The SMILES string of the molecule is C#CC#CC#CC#CC#CC(=O)OC[C@H](COP(=O)(O)OC1C(O)[C@H](CP(=O)(O)O)[C@H](O)C(O)[C@@H]1O)OC(=O)CCCCCCCCCCCCCCC.S.[HH].[HH].[HH].[HH].[HH].[HH].[HH].[HH].[HH]. The van der Waals surface area contributed by atoms with Crippen LogP contribution in [0.15, 0.2) is 0 Å². The molecule has 8 atom stereocenters. The maximum atomic E-state index is 12.9. The second kappa shape index (κ2) is 29.4. The minimum absolute atomic E-state index is 0.